The first-order valence-electron chi connectivity index (χ1n) is 22.6. The van der Waals surface area contributed by atoms with E-state index >= 15 is 0 Å². The predicted octanol–water partition coefficient (Wildman–Crippen LogP) is 11.2. The molecule has 0 saturated carbocycles. The fourth-order valence-electron chi connectivity index (χ4n) is 12.3. The molecule has 0 radical (unpaired) electrons. The highest BCUT2D eigenvalue weighted by Crippen LogP contribution is 2.52. The molecular weight excluding hydrogens is 792 g/mol. The van der Waals surface area contributed by atoms with Crippen LogP contribution < -0.4 is 41.4 Å². The van der Waals surface area contributed by atoms with Crippen LogP contribution >= 0.6 is 0 Å². The van der Waals surface area contributed by atoms with Crippen LogP contribution in [-0.4, -0.2) is 14.9 Å². The molecule has 0 saturated heterocycles. The molecule has 4 aliphatic heterocycles. The molecule has 0 fully saturated rings. The number of para-hydroxylation sites is 3. The third-order valence-corrected chi connectivity index (χ3v) is 19.8. The van der Waals surface area contributed by atoms with E-state index in [4.69, 9.17) is 4.42 Å². The van der Waals surface area contributed by atoms with E-state index < -0.39 is 8.07 Å². The van der Waals surface area contributed by atoms with Gasteiger partial charge in [-0.3, -0.25) is 0 Å². The number of benzene rings is 9. The maximum Gasteiger partial charge on any atom is 0.333 e. The molecule has 302 valence electrons. The van der Waals surface area contributed by atoms with Gasteiger partial charge in [0.25, 0.3) is 0 Å². The third kappa shape index (κ3) is 4.52. The molecule has 0 bridgehead atoms. The van der Waals surface area contributed by atoms with Crippen LogP contribution in [0.15, 0.2) is 192 Å². The van der Waals surface area contributed by atoms with Crippen molar-refractivity contribution in [2.24, 2.45) is 0 Å². The molecule has 0 atom stereocenters. The summed E-state index contributed by atoms with van der Waals surface area (Å²) in [6, 6.07) is 71.5. The fourth-order valence-corrected chi connectivity index (χ4v) is 17.8. The number of furan rings is 1. The van der Waals surface area contributed by atoms with Gasteiger partial charge < -0.3 is 14.1 Å². The minimum absolute atomic E-state index is 0.0341. The zero-order chi connectivity index (χ0) is 42.6. The van der Waals surface area contributed by atoms with Crippen molar-refractivity contribution in [1.29, 1.82) is 0 Å². The predicted molar refractivity (Wildman–Crippen MR) is 272 cm³/mol. The van der Waals surface area contributed by atoms with E-state index in [-0.39, 0.29) is 12.3 Å². The lowest BCUT2D eigenvalue weighted by Crippen LogP contribution is -2.78. The Hall–Kier alpha value is -7.34. The molecule has 0 unspecified atom stereocenters. The number of hydrogen-bond acceptors (Lipinski definition) is 3. The Bertz CT molecular complexity index is 3610. The number of anilines is 5. The summed E-state index contributed by atoms with van der Waals surface area (Å²) in [6.07, 6.45) is 0. The van der Waals surface area contributed by atoms with Crippen molar-refractivity contribution >= 4 is 97.0 Å². The first-order chi connectivity index (χ1) is 31.3. The smallest absolute Gasteiger partial charge is 0.333 e. The fraction of sp³-hybridized carbons (Fsp3) is 0.0847. The summed E-state index contributed by atoms with van der Waals surface area (Å²) in [5, 5.41) is 8.18. The molecule has 3 nitrogen and oxygen atoms in total. The molecule has 10 aromatic rings. The highest BCUT2D eigenvalue weighted by molar-refractivity contribution is 7.24. The first kappa shape index (κ1) is 36.2. The zero-order valence-electron chi connectivity index (χ0n) is 36.3. The highest BCUT2D eigenvalue weighted by Gasteiger charge is 2.57. The first-order valence-corrected chi connectivity index (χ1v) is 24.6. The van der Waals surface area contributed by atoms with Crippen LogP contribution in [0.2, 0.25) is 0 Å². The maximum atomic E-state index is 6.79. The van der Waals surface area contributed by atoms with Gasteiger partial charge >= 0.3 is 6.85 Å². The molecule has 14 rings (SSSR count). The second kappa shape index (κ2) is 12.6. The minimum atomic E-state index is -2.79. The van der Waals surface area contributed by atoms with Crippen LogP contribution in [0.5, 0.6) is 0 Å². The molecule has 1 spiro atoms. The molecule has 5 heterocycles. The van der Waals surface area contributed by atoms with Crippen molar-refractivity contribution in [1.82, 2.24) is 0 Å². The van der Waals surface area contributed by atoms with Gasteiger partial charge in [-0.2, -0.15) is 0 Å². The Morgan fingerprint density at radius 3 is 1.94 bits per heavy atom. The molecule has 0 aliphatic carbocycles. The second-order valence-corrected chi connectivity index (χ2v) is 22.9. The maximum absolute atomic E-state index is 6.79. The lowest BCUT2D eigenvalue weighted by atomic mass is 9.43. The molecular formula is C59H43BN2OSi. The van der Waals surface area contributed by atoms with Crippen LogP contribution in [-0.2, 0) is 5.41 Å². The van der Waals surface area contributed by atoms with Crippen LogP contribution in [0.4, 0.5) is 28.4 Å². The summed E-state index contributed by atoms with van der Waals surface area (Å²) in [7, 11) is -2.79. The van der Waals surface area contributed by atoms with Gasteiger partial charge in [0.1, 0.15) is 11.2 Å². The van der Waals surface area contributed by atoms with Crippen molar-refractivity contribution < 1.29 is 4.42 Å². The van der Waals surface area contributed by atoms with Gasteiger partial charge in [0.05, 0.1) is 16.8 Å². The second-order valence-electron chi connectivity index (χ2n) is 19.2. The number of hydrogen-bond donors (Lipinski definition) is 0. The Balaban J connectivity index is 1.15. The van der Waals surface area contributed by atoms with Crippen molar-refractivity contribution in [2.45, 2.75) is 33.1 Å². The van der Waals surface area contributed by atoms with Crippen molar-refractivity contribution in [2.75, 3.05) is 9.71 Å². The van der Waals surface area contributed by atoms with E-state index in [1.807, 2.05) is 0 Å². The number of rotatable bonds is 2. The average Bonchev–Trinajstić information content (AvgIpc) is 3.85. The molecule has 64 heavy (non-hydrogen) atoms. The number of nitrogens with zero attached hydrogens (tertiary/aromatic N) is 2. The van der Waals surface area contributed by atoms with Crippen LogP contribution in [0.1, 0.15) is 31.9 Å². The van der Waals surface area contributed by atoms with Crippen molar-refractivity contribution in [3.63, 3.8) is 0 Å². The minimum Gasteiger partial charge on any atom is -0.456 e. The Morgan fingerprint density at radius 2 is 1.16 bits per heavy atom. The van der Waals surface area contributed by atoms with Gasteiger partial charge in [-0.1, -0.05) is 172 Å². The third-order valence-electron chi connectivity index (χ3n) is 14.8. The van der Waals surface area contributed by atoms with Gasteiger partial charge in [0.15, 0.2) is 8.07 Å². The summed E-state index contributed by atoms with van der Waals surface area (Å²) in [6.45, 7) is 9.11. The summed E-state index contributed by atoms with van der Waals surface area (Å²) in [5.41, 5.74) is 20.9. The molecule has 9 aromatic carbocycles. The quantitative estimate of drug-likeness (QED) is 0.162. The van der Waals surface area contributed by atoms with E-state index in [0.29, 0.717) is 0 Å². The standard InChI is InChI=1S/C59H43BN2OSi/c1-36-33-44-41-22-16-28-54-57(41)62(47-23-11-15-27-53(47)64(54)51-25-13-9-19-39(51)40-20-10-14-26-52(40)64)60-45-30-32-50-55(42-21-8-12-24-49(42)63-50)58(45)61(48(34-36)56(44)60)46-31-29-38(59(2,3)4)35-43(46)37-17-6-5-7-18-37/h5-35H,1-4H3. The van der Waals surface area contributed by atoms with E-state index in [2.05, 4.69) is 225 Å². The van der Waals surface area contributed by atoms with Gasteiger partial charge in [0.2, 0.25) is 0 Å². The van der Waals surface area contributed by atoms with E-state index in [1.54, 1.807) is 0 Å². The monoisotopic (exact) mass is 834 g/mol. The largest absolute Gasteiger partial charge is 0.456 e. The van der Waals surface area contributed by atoms with Crippen LogP contribution in [0, 0.1) is 6.92 Å². The van der Waals surface area contributed by atoms with E-state index in [9.17, 15) is 0 Å². The summed E-state index contributed by atoms with van der Waals surface area (Å²) in [4.78, 5) is 5.37. The zero-order valence-corrected chi connectivity index (χ0v) is 37.3. The summed E-state index contributed by atoms with van der Waals surface area (Å²) < 4.78 is 6.79. The van der Waals surface area contributed by atoms with Crippen molar-refractivity contribution in [3.05, 3.63) is 199 Å². The summed E-state index contributed by atoms with van der Waals surface area (Å²) in [5.74, 6) is 0. The molecule has 4 aliphatic rings. The van der Waals surface area contributed by atoms with Gasteiger partial charge in [0, 0.05) is 33.6 Å². The van der Waals surface area contributed by atoms with Gasteiger partial charge in [-0.25, -0.2) is 0 Å². The highest BCUT2D eigenvalue weighted by atomic mass is 28.3. The molecule has 1 aromatic heterocycles. The Labute approximate surface area is 375 Å². The summed E-state index contributed by atoms with van der Waals surface area (Å²) >= 11 is 0. The van der Waals surface area contributed by atoms with E-state index in [1.165, 1.54) is 98.9 Å². The van der Waals surface area contributed by atoms with E-state index in [0.717, 1.165) is 27.6 Å². The number of fused-ring (bicyclic) bond motifs is 17. The molecule has 0 amide bonds. The SMILES string of the molecule is Cc1cc2c3c(c1)N(c1ccc(C(C)(C)C)cc1-c1ccccc1)c1c(ccc4oc5ccccc5c14)B3N1c3ccccc3[Si]3(c4ccccc4-c4ccccc43)c3cccc-2c31. The average molecular weight is 835 g/mol. The molecule has 5 heteroatoms. The normalized spacial score (nSPS) is 14.6. The Kier molecular flexibility index (Phi) is 7.15. The number of aryl methyl sites for hydroxylation is 1. The van der Waals surface area contributed by atoms with Crippen molar-refractivity contribution in [3.8, 4) is 33.4 Å². The Morgan fingerprint density at radius 1 is 0.484 bits per heavy atom. The topological polar surface area (TPSA) is 19.6 Å². The van der Waals surface area contributed by atoms with Crippen LogP contribution in [0.25, 0.3) is 55.3 Å². The van der Waals surface area contributed by atoms with Crippen LogP contribution in [0.3, 0.4) is 0 Å². The van der Waals surface area contributed by atoms with Gasteiger partial charge in [-0.15, -0.1) is 0 Å². The van der Waals surface area contributed by atoms with Gasteiger partial charge in [-0.05, 0) is 114 Å². The lowest BCUT2D eigenvalue weighted by Gasteiger charge is -2.52. The lowest BCUT2D eigenvalue weighted by molar-refractivity contribution is 0.590. The molecule has 0 N–H and O–H groups in total.